The average molecular weight is 387 g/mol. The molecule has 0 saturated carbocycles. The van der Waals surface area contributed by atoms with Crippen LogP contribution in [0.25, 0.3) is 10.9 Å². The van der Waals surface area contributed by atoms with Crippen LogP contribution in [-0.2, 0) is 0 Å². The first-order valence-electron chi connectivity index (χ1n) is 7.77. The van der Waals surface area contributed by atoms with Crippen molar-refractivity contribution in [3.05, 3.63) is 63.3 Å². The Hall–Kier alpha value is -3.39. The van der Waals surface area contributed by atoms with Crippen molar-refractivity contribution in [1.29, 1.82) is 0 Å². The van der Waals surface area contributed by atoms with Crippen molar-refractivity contribution in [3.8, 4) is 11.5 Å². The van der Waals surface area contributed by atoms with E-state index in [0.29, 0.717) is 22.0 Å². The Bertz CT molecular complexity index is 1040. The van der Waals surface area contributed by atoms with Gasteiger partial charge in [-0.05, 0) is 30.3 Å². The monoisotopic (exact) mass is 386 g/mol. The molecule has 0 aliphatic heterocycles. The largest absolute Gasteiger partial charge is 0.493 e. The summed E-state index contributed by atoms with van der Waals surface area (Å²) in [6.45, 7) is 0. The molecule has 0 aliphatic rings. The van der Waals surface area contributed by atoms with Crippen molar-refractivity contribution < 1.29 is 14.4 Å². The standard InChI is InChI=1S/C18H15ClN4O4/c1-26-17-7-11(16(23(24)25)9-18(17)27-2)10-21-22-14-5-6-20-15-8-12(19)3-4-13(14)15/h3-10H,1-2H3,(H,20,22)/b21-10+. The van der Waals surface area contributed by atoms with Gasteiger partial charge in [-0.15, -0.1) is 0 Å². The second kappa shape index (κ2) is 7.88. The third-order valence-electron chi connectivity index (χ3n) is 3.82. The van der Waals surface area contributed by atoms with E-state index in [9.17, 15) is 10.1 Å². The van der Waals surface area contributed by atoms with Gasteiger partial charge in [-0.25, -0.2) is 0 Å². The highest BCUT2D eigenvalue weighted by Gasteiger charge is 2.18. The fourth-order valence-corrected chi connectivity index (χ4v) is 2.70. The Morgan fingerprint density at radius 3 is 2.63 bits per heavy atom. The zero-order chi connectivity index (χ0) is 19.4. The minimum Gasteiger partial charge on any atom is -0.493 e. The maximum Gasteiger partial charge on any atom is 0.282 e. The minimum absolute atomic E-state index is 0.149. The molecule has 3 rings (SSSR count). The number of benzene rings is 2. The van der Waals surface area contributed by atoms with Crippen LogP contribution in [0, 0.1) is 10.1 Å². The number of aromatic nitrogens is 1. The van der Waals surface area contributed by atoms with E-state index in [-0.39, 0.29) is 17.0 Å². The minimum atomic E-state index is -0.507. The maximum absolute atomic E-state index is 11.3. The highest BCUT2D eigenvalue weighted by Crippen LogP contribution is 2.33. The second-order valence-electron chi connectivity index (χ2n) is 5.41. The number of hydrazone groups is 1. The number of nitrogens with one attached hydrogen (secondary N) is 1. The lowest BCUT2D eigenvalue weighted by Crippen LogP contribution is -2.00. The van der Waals surface area contributed by atoms with Crippen LogP contribution in [0.2, 0.25) is 5.02 Å². The molecule has 0 radical (unpaired) electrons. The number of hydrogen-bond donors (Lipinski definition) is 1. The van der Waals surface area contributed by atoms with Gasteiger partial charge in [0, 0.05) is 16.6 Å². The van der Waals surface area contributed by atoms with Crippen molar-refractivity contribution in [2.75, 3.05) is 19.6 Å². The molecule has 0 aliphatic carbocycles. The molecule has 1 heterocycles. The van der Waals surface area contributed by atoms with Gasteiger partial charge >= 0.3 is 0 Å². The van der Waals surface area contributed by atoms with Gasteiger partial charge in [0.15, 0.2) is 11.5 Å². The van der Waals surface area contributed by atoms with Gasteiger partial charge < -0.3 is 9.47 Å². The zero-order valence-electron chi connectivity index (χ0n) is 14.5. The SMILES string of the molecule is COc1cc(/C=N/Nc2ccnc3cc(Cl)ccc23)c([N+](=O)[O-])cc1OC. The van der Waals surface area contributed by atoms with Crippen molar-refractivity contribution in [3.63, 3.8) is 0 Å². The number of pyridine rings is 1. The molecule has 0 spiro atoms. The molecule has 0 bridgehead atoms. The van der Waals surface area contributed by atoms with Crippen LogP contribution in [0.5, 0.6) is 11.5 Å². The number of methoxy groups -OCH3 is 2. The van der Waals surface area contributed by atoms with Gasteiger partial charge in [0.05, 0.1) is 48.2 Å². The Morgan fingerprint density at radius 2 is 1.93 bits per heavy atom. The van der Waals surface area contributed by atoms with Crippen LogP contribution in [0.1, 0.15) is 5.56 Å². The van der Waals surface area contributed by atoms with Crippen LogP contribution in [0.3, 0.4) is 0 Å². The molecule has 0 saturated heterocycles. The molecule has 9 heteroatoms. The third-order valence-corrected chi connectivity index (χ3v) is 4.06. The van der Waals surface area contributed by atoms with E-state index in [1.165, 1.54) is 32.6 Å². The molecule has 0 amide bonds. The summed E-state index contributed by atoms with van der Waals surface area (Å²) in [5.74, 6) is 0.639. The summed E-state index contributed by atoms with van der Waals surface area (Å²) < 4.78 is 10.3. The Labute approximate surface area is 159 Å². The number of nitrogens with zero attached hydrogens (tertiary/aromatic N) is 3. The van der Waals surface area contributed by atoms with Gasteiger partial charge in [-0.1, -0.05) is 11.6 Å². The smallest absolute Gasteiger partial charge is 0.282 e. The van der Waals surface area contributed by atoms with E-state index in [2.05, 4.69) is 15.5 Å². The van der Waals surface area contributed by atoms with E-state index in [4.69, 9.17) is 21.1 Å². The lowest BCUT2D eigenvalue weighted by Gasteiger charge is -2.09. The molecule has 138 valence electrons. The molecule has 1 aromatic heterocycles. The van der Waals surface area contributed by atoms with E-state index < -0.39 is 4.92 Å². The molecule has 1 N–H and O–H groups in total. The number of nitro groups is 1. The molecular weight excluding hydrogens is 372 g/mol. The Balaban J connectivity index is 1.94. The molecule has 0 atom stereocenters. The lowest BCUT2D eigenvalue weighted by atomic mass is 10.1. The lowest BCUT2D eigenvalue weighted by molar-refractivity contribution is -0.385. The first-order chi connectivity index (χ1) is 13.0. The summed E-state index contributed by atoms with van der Waals surface area (Å²) in [6.07, 6.45) is 2.97. The summed E-state index contributed by atoms with van der Waals surface area (Å²) in [7, 11) is 2.87. The predicted octanol–water partition coefficient (Wildman–Crippen LogP) is 4.26. The molecule has 0 unspecified atom stereocenters. The van der Waals surface area contributed by atoms with Crippen LogP contribution < -0.4 is 14.9 Å². The second-order valence-corrected chi connectivity index (χ2v) is 5.85. The van der Waals surface area contributed by atoms with Crippen LogP contribution >= 0.6 is 11.6 Å². The average Bonchev–Trinajstić information content (AvgIpc) is 2.67. The summed E-state index contributed by atoms with van der Waals surface area (Å²) in [6, 6.07) is 9.85. The van der Waals surface area contributed by atoms with Gasteiger partial charge in [0.1, 0.15) is 0 Å². The molecule has 8 nitrogen and oxygen atoms in total. The first-order valence-corrected chi connectivity index (χ1v) is 8.15. The van der Waals surface area contributed by atoms with E-state index >= 15 is 0 Å². The molecule has 2 aromatic carbocycles. The van der Waals surface area contributed by atoms with E-state index in [0.717, 1.165) is 5.39 Å². The maximum atomic E-state index is 11.3. The number of fused-ring (bicyclic) bond motifs is 1. The number of nitro benzene ring substituents is 1. The number of anilines is 1. The van der Waals surface area contributed by atoms with Crippen molar-refractivity contribution in [1.82, 2.24) is 4.98 Å². The fourth-order valence-electron chi connectivity index (χ4n) is 2.54. The van der Waals surface area contributed by atoms with Crippen LogP contribution in [0.4, 0.5) is 11.4 Å². The Morgan fingerprint density at radius 1 is 1.19 bits per heavy atom. The summed E-state index contributed by atoms with van der Waals surface area (Å²) in [5, 5.41) is 16.9. The predicted molar refractivity (Wildman–Crippen MR) is 104 cm³/mol. The number of halogens is 1. The van der Waals surface area contributed by atoms with Crippen molar-refractivity contribution in [2.45, 2.75) is 0 Å². The number of ether oxygens (including phenoxy) is 2. The number of hydrogen-bond acceptors (Lipinski definition) is 7. The molecule has 3 aromatic rings. The van der Waals surface area contributed by atoms with Gasteiger partial charge in [0.25, 0.3) is 5.69 Å². The summed E-state index contributed by atoms with van der Waals surface area (Å²) >= 11 is 5.98. The van der Waals surface area contributed by atoms with Crippen LogP contribution in [-0.4, -0.2) is 30.3 Å². The number of rotatable bonds is 6. The normalized spacial score (nSPS) is 10.9. The summed E-state index contributed by atoms with van der Waals surface area (Å²) in [4.78, 5) is 15.1. The highest BCUT2D eigenvalue weighted by molar-refractivity contribution is 6.31. The van der Waals surface area contributed by atoms with Gasteiger partial charge in [-0.3, -0.25) is 20.5 Å². The summed E-state index contributed by atoms with van der Waals surface area (Å²) in [5.41, 5.74) is 4.40. The topological polar surface area (TPSA) is 98.9 Å². The Kier molecular flexibility index (Phi) is 5.37. The highest BCUT2D eigenvalue weighted by atomic mass is 35.5. The van der Waals surface area contributed by atoms with Crippen LogP contribution in [0.15, 0.2) is 47.7 Å². The molecule has 0 fully saturated rings. The third kappa shape index (κ3) is 3.90. The first kappa shape index (κ1) is 18.4. The van der Waals surface area contributed by atoms with Crippen molar-refractivity contribution in [2.24, 2.45) is 5.10 Å². The molecular formula is C18H15ClN4O4. The van der Waals surface area contributed by atoms with Gasteiger partial charge in [-0.2, -0.15) is 5.10 Å². The quantitative estimate of drug-likeness (QED) is 0.386. The van der Waals surface area contributed by atoms with Crippen molar-refractivity contribution >= 4 is 40.1 Å². The van der Waals surface area contributed by atoms with E-state index in [1.807, 2.05) is 6.07 Å². The fraction of sp³-hybridized carbons (Fsp3) is 0.111. The van der Waals surface area contributed by atoms with E-state index in [1.54, 1.807) is 24.4 Å². The van der Waals surface area contributed by atoms with Gasteiger partial charge in [0.2, 0.25) is 0 Å². The zero-order valence-corrected chi connectivity index (χ0v) is 15.2. The molecule has 27 heavy (non-hydrogen) atoms.